The lowest BCUT2D eigenvalue weighted by Crippen LogP contribution is -2.00. The molecule has 15 heavy (non-hydrogen) atoms. The second kappa shape index (κ2) is 4.19. The van der Waals surface area contributed by atoms with Crippen LogP contribution in [0.5, 0.6) is 0 Å². The normalized spacial score (nSPS) is 17.7. The minimum absolute atomic E-state index is 0.383. The number of hydrogen-bond donors (Lipinski definition) is 1. The first-order chi connectivity index (χ1) is 7.16. The maximum atomic E-state index is 10.2. The van der Waals surface area contributed by atoms with Crippen LogP contribution in [0.1, 0.15) is 42.1 Å². The van der Waals surface area contributed by atoms with Gasteiger partial charge in [0.1, 0.15) is 6.10 Å². The summed E-state index contributed by atoms with van der Waals surface area (Å²) in [5.41, 5.74) is 4.69. The van der Waals surface area contributed by atoms with Gasteiger partial charge >= 0.3 is 0 Å². The number of aliphatic hydroxyl groups is 1. The highest BCUT2D eigenvalue weighted by molar-refractivity contribution is 5.34. The smallest absolute Gasteiger partial charge is 0.100 e. The van der Waals surface area contributed by atoms with Crippen LogP contribution in [-0.2, 0) is 0 Å². The molecule has 1 aliphatic carbocycles. The summed E-state index contributed by atoms with van der Waals surface area (Å²) < 4.78 is 0. The van der Waals surface area contributed by atoms with E-state index in [1.807, 2.05) is 0 Å². The first kappa shape index (κ1) is 10.4. The van der Waals surface area contributed by atoms with Gasteiger partial charge in [-0.1, -0.05) is 35.4 Å². The van der Waals surface area contributed by atoms with Crippen LogP contribution in [0.4, 0.5) is 0 Å². The van der Waals surface area contributed by atoms with Crippen molar-refractivity contribution in [3.63, 3.8) is 0 Å². The van der Waals surface area contributed by atoms with Gasteiger partial charge in [0, 0.05) is 0 Å². The molecule has 0 aliphatic heterocycles. The Morgan fingerprint density at radius 1 is 1.13 bits per heavy atom. The van der Waals surface area contributed by atoms with Crippen molar-refractivity contribution in [3.8, 4) is 0 Å². The molecule has 0 saturated heterocycles. The van der Waals surface area contributed by atoms with E-state index >= 15 is 0 Å². The largest absolute Gasteiger partial charge is 0.384 e. The monoisotopic (exact) mass is 202 g/mol. The first-order valence-electron chi connectivity index (χ1n) is 5.62. The fraction of sp³-hybridized carbons (Fsp3) is 0.429. The fourth-order valence-corrected chi connectivity index (χ4v) is 2.33. The molecule has 0 amide bonds. The molecule has 0 radical (unpaired) electrons. The van der Waals surface area contributed by atoms with Gasteiger partial charge in [-0.3, -0.25) is 0 Å². The third kappa shape index (κ3) is 2.29. The predicted molar refractivity (Wildman–Crippen MR) is 62.8 cm³/mol. The zero-order valence-electron chi connectivity index (χ0n) is 9.46. The van der Waals surface area contributed by atoms with E-state index in [-0.39, 0.29) is 6.10 Å². The van der Waals surface area contributed by atoms with Gasteiger partial charge in [-0.15, -0.1) is 0 Å². The molecule has 0 fully saturated rings. The van der Waals surface area contributed by atoms with Crippen molar-refractivity contribution in [1.82, 2.24) is 0 Å². The van der Waals surface area contributed by atoms with E-state index < -0.39 is 0 Å². The van der Waals surface area contributed by atoms with Crippen LogP contribution < -0.4 is 0 Å². The molecular formula is C14H18O. The summed E-state index contributed by atoms with van der Waals surface area (Å²) in [6.45, 7) is 4.15. The molecule has 1 aromatic carbocycles. The molecule has 2 rings (SSSR count). The second-order valence-electron chi connectivity index (χ2n) is 4.49. The lowest BCUT2D eigenvalue weighted by atomic mass is 9.98. The molecule has 1 unspecified atom stereocenters. The summed E-state index contributed by atoms with van der Waals surface area (Å²) in [5, 5.41) is 10.2. The summed E-state index contributed by atoms with van der Waals surface area (Å²) in [5.74, 6) is 0. The summed E-state index contributed by atoms with van der Waals surface area (Å²) in [6.07, 6.45) is 5.16. The number of benzene rings is 1. The van der Waals surface area contributed by atoms with Crippen molar-refractivity contribution in [2.24, 2.45) is 0 Å². The lowest BCUT2D eigenvalue weighted by molar-refractivity contribution is 0.212. The Kier molecular flexibility index (Phi) is 2.92. The molecule has 1 aliphatic rings. The van der Waals surface area contributed by atoms with Gasteiger partial charge in [-0.25, -0.2) is 0 Å². The highest BCUT2D eigenvalue weighted by Crippen LogP contribution is 2.31. The first-order valence-corrected chi connectivity index (χ1v) is 5.62. The van der Waals surface area contributed by atoms with Crippen LogP contribution in [0, 0.1) is 13.8 Å². The topological polar surface area (TPSA) is 20.2 Å². The summed E-state index contributed by atoms with van der Waals surface area (Å²) in [4.78, 5) is 0. The molecule has 0 spiro atoms. The van der Waals surface area contributed by atoms with Crippen molar-refractivity contribution >= 4 is 0 Å². The van der Waals surface area contributed by atoms with Crippen molar-refractivity contribution in [2.75, 3.05) is 0 Å². The maximum absolute atomic E-state index is 10.2. The average molecular weight is 202 g/mol. The van der Waals surface area contributed by atoms with Gasteiger partial charge in [-0.05, 0) is 44.2 Å². The number of aryl methyl sites for hydroxylation is 2. The molecule has 1 atom stereocenters. The van der Waals surface area contributed by atoms with Crippen LogP contribution in [0.15, 0.2) is 29.8 Å². The van der Waals surface area contributed by atoms with Crippen molar-refractivity contribution in [1.29, 1.82) is 0 Å². The van der Waals surface area contributed by atoms with E-state index in [2.05, 4.69) is 38.1 Å². The molecule has 0 saturated carbocycles. The minimum atomic E-state index is -0.383. The Bertz CT molecular complexity index is 370. The van der Waals surface area contributed by atoms with Crippen molar-refractivity contribution in [2.45, 2.75) is 39.2 Å². The molecule has 80 valence electrons. The molecule has 1 nitrogen and oxygen atoms in total. The average Bonchev–Trinajstić information content (AvgIpc) is 2.67. The van der Waals surface area contributed by atoms with E-state index in [1.165, 1.54) is 23.1 Å². The Hall–Kier alpha value is -1.08. The van der Waals surface area contributed by atoms with Crippen LogP contribution >= 0.6 is 0 Å². The molecule has 1 aromatic rings. The SMILES string of the molecule is Cc1cc(C)cc(C(O)C2=CCCC2)c1. The number of hydrogen-bond acceptors (Lipinski definition) is 1. The van der Waals surface area contributed by atoms with Crippen LogP contribution in [0.2, 0.25) is 0 Å². The molecule has 1 N–H and O–H groups in total. The summed E-state index contributed by atoms with van der Waals surface area (Å²) in [7, 11) is 0. The van der Waals surface area contributed by atoms with Crippen molar-refractivity contribution in [3.05, 3.63) is 46.5 Å². The Labute approximate surface area is 91.4 Å². The third-order valence-corrected chi connectivity index (χ3v) is 2.99. The zero-order valence-corrected chi connectivity index (χ0v) is 9.46. The second-order valence-corrected chi connectivity index (χ2v) is 4.49. The molecule has 1 heteroatoms. The van der Waals surface area contributed by atoms with Gasteiger partial charge < -0.3 is 5.11 Å². The highest BCUT2D eigenvalue weighted by atomic mass is 16.3. The Morgan fingerprint density at radius 2 is 1.80 bits per heavy atom. The Morgan fingerprint density at radius 3 is 2.33 bits per heavy atom. The van der Waals surface area contributed by atoms with Crippen molar-refractivity contribution < 1.29 is 5.11 Å². The molecule has 0 bridgehead atoms. The quantitative estimate of drug-likeness (QED) is 0.728. The van der Waals surface area contributed by atoms with Gasteiger partial charge in [0.2, 0.25) is 0 Å². The number of rotatable bonds is 2. The lowest BCUT2D eigenvalue weighted by Gasteiger charge is -2.14. The van der Waals surface area contributed by atoms with E-state index in [0.717, 1.165) is 18.4 Å². The minimum Gasteiger partial charge on any atom is -0.384 e. The predicted octanol–water partition coefficient (Wildman–Crippen LogP) is 3.45. The number of allylic oxidation sites excluding steroid dienone is 1. The van der Waals surface area contributed by atoms with E-state index in [4.69, 9.17) is 0 Å². The van der Waals surface area contributed by atoms with Crippen LogP contribution in [0.3, 0.4) is 0 Å². The molecular weight excluding hydrogens is 184 g/mol. The zero-order chi connectivity index (χ0) is 10.8. The fourth-order valence-electron chi connectivity index (χ4n) is 2.33. The van der Waals surface area contributed by atoms with Crippen LogP contribution in [0.25, 0.3) is 0 Å². The standard InChI is InChI=1S/C14H18O/c1-10-7-11(2)9-13(8-10)14(15)12-5-3-4-6-12/h5,7-9,14-15H,3-4,6H2,1-2H3. The summed E-state index contributed by atoms with van der Waals surface area (Å²) >= 11 is 0. The van der Waals surface area contributed by atoms with E-state index in [9.17, 15) is 5.11 Å². The van der Waals surface area contributed by atoms with Crippen LogP contribution in [-0.4, -0.2) is 5.11 Å². The molecule has 0 heterocycles. The Balaban J connectivity index is 2.28. The van der Waals surface area contributed by atoms with Gasteiger partial charge in [-0.2, -0.15) is 0 Å². The third-order valence-electron chi connectivity index (χ3n) is 2.99. The van der Waals surface area contributed by atoms with Gasteiger partial charge in [0.15, 0.2) is 0 Å². The number of aliphatic hydroxyl groups excluding tert-OH is 1. The van der Waals surface area contributed by atoms with Gasteiger partial charge in [0.05, 0.1) is 0 Å². The van der Waals surface area contributed by atoms with E-state index in [0.29, 0.717) is 0 Å². The molecule has 0 aromatic heterocycles. The van der Waals surface area contributed by atoms with Gasteiger partial charge in [0.25, 0.3) is 0 Å². The summed E-state index contributed by atoms with van der Waals surface area (Å²) in [6, 6.07) is 6.30. The maximum Gasteiger partial charge on any atom is 0.100 e. The van der Waals surface area contributed by atoms with E-state index in [1.54, 1.807) is 0 Å². The highest BCUT2D eigenvalue weighted by Gasteiger charge is 2.16.